The largest absolute Gasteiger partial charge is 0.293 e. The summed E-state index contributed by atoms with van der Waals surface area (Å²) in [6.45, 7) is 2.00. The van der Waals surface area contributed by atoms with Crippen LogP contribution in [0.15, 0.2) is 48.6 Å². The first-order chi connectivity index (χ1) is 6.77. The van der Waals surface area contributed by atoms with Crippen LogP contribution >= 0.6 is 0 Å². The van der Waals surface area contributed by atoms with Gasteiger partial charge in [0, 0.05) is 5.56 Å². The van der Waals surface area contributed by atoms with Gasteiger partial charge in [-0.2, -0.15) is 0 Å². The molecule has 0 atom stereocenters. The second kappa shape index (κ2) is 3.62. The summed E-state index contributed by atoms with van der Waals surface area (Å²) in [4.78, 5) is 11.9. The highest BCUT2D eigenvalue weighted by Crippen LogP contribution is 2.16. The Labute approximate surface area is 83.8 Å². The number of hydrogen-bond donors (Lipinski definition) is 0. The molecule has 1 aliphatic carbocycles. The number of rotatable bonds is 2. The van der Waals surface area contributed by atoms with Gasteiger partial charge in [0.15, 0.2) is 5.78 Å². The van der Waals surface area contributed by atoms with E-state index in [-0.39, 0.29) is 11.7 Å². The third-order valence-corrected chi connectivity index (χ3v) is 2.35. The SMILES string of the molecule is Cc1cccc(C(=O)C2C=CC=C2)c1. The number of allylic oxidation sites excluding steroid dienone is 4. The fraction of sp³-hybridized carbons (Fsp3) is 0.154. The molecular weight excluding hydrogens is 172 g/mol. The summed E-state index contributed by atoms with van der Waals surface area (Å²) < 4.78 is 0. The highest BCUT2D eigenvalue weighted by atomic mass is 16.1. The molecule has 14 heavy (non-hydrogen) atoms. The number of carbonyl (C=O) groups excluding carboxylic acids is 1. The van der Waals surface area contributed by atoms with Crippen LogP contribution in [0.1, 0.15) is 15.9 Å². The van der Waals surface area contributed by atoms with Crippen molar-refractivity contribution < 1.29 is 4.79 Å². The second-order valence-electron chi connectivity index (χ2n) is 3.53. The predicted molar refractivity (Wildman–Crippen MR) is 57.3 cm³/mol. The quantitative estimate of drug-likeness (QED) is 0.646. The molecule has 0 heterocycles. The van der Waals surface area contributed by atoms with Crippen LogP contribution in [0.4, 0.5) is 0 Å². The zero-order valence-corrected chi connectivity index (χ0v) is 8.10. The first-order valence-electron chi connectivity index (χ1n) is 4.73. The monoisotopic (exact) mass is 184 g/mol. The molecule has 0 N–H and O–H groups in total. The Hall–Kier alpha value is -1.63. The van der Waals surface area contributed by atoms with Crippen LogP contribution in [0, 0.1) is 12.8 Å². The molecule has 0 saturated heterocycles. The zero-order chi connectivity index (χ0) is 9.97. The molecule has 1 heteroatoms. The molecule has 1 aliphatic rings. The molecular formula is C13H12O. The van der Waals surface area contributed by atoms with Crippen LogP contribution < -0.4 is 0 Å². The minimum absolute atomic E-state index is 0.0585. The normalized spacial score (nSPS) is 14.9. The van der Waals surface area contributed by atoms with Crippen LogP contribution in [-0.2, 0) is 0 Å². The number of aryl methyl sites for hydroxylation is 1. The molecule has 0 amide bonds. The topological polar surface area (TPSA) is 17.1 Å². The van der Waals surface area contributed by atoms with Gasteiger partial charge < -0.3 is 0 Å². The van der Waals surface area contributed by atoms with Crippen molar-refractivity contribution in [3.8, 4) is 0 Å². The van der Waals surface area contributed by atoms with Gasteiger partial charge in [-0.3, -0.25) is 4.79 Å². The Morgan fingerprint density at radius 3 is 2.57 bits per heavy atom. The van der Waals surface area contributed by atoms with E-state index in [0.717, 1.165) is 11.1 Å². The summed E-state index contributed by atoms with van der Waals surface area (Å²) in [5.74, 6) is 0.121. The Kier molecular flexibility index (Phi) is 2.32. The van der Waals surface area contributed by atoms with Crippen molar-refractivity contribution in [2.75, 3.05) is 0 Å². The maximum absolute atomic E-state index is 11.9. The van der Waals surface area contributed by atoms with Gasteiger partial charge >= 0.3 is 0 Å². The minimum Gasteiger partial charge on any atom is -0.293 e. The Bertz CT molecular complexity index is 401. The average molecular weight is 184 g/mol. The lowest BCUT2D eigenvalue weighted by Gasteiger charge is -2.04. The van der Waals surface area contributed by atoms with E-state index < -0.39 is 0 Å². The predicted octanol–water partition coefficient (Wildman–Crippen LogP) is 2.92. The Balaban J connectivity index is 2.27. The van der Waals surface area contributed by atoms with Gasteiger partial charge in [-0.05, 0) is 13.0 Å². The van der Waals surface area contributed by atoms with E-state index in [9.17, 15) is 4.79 Å². The third kappa shape index (κ3) is 1.67. The summed E-state index contributed by atoms with van der Waals surface area (Å²) in [5, 5.41) is 0. The minimum atomic E-state index is -0.0585. The molecule has 1 nitrogen and oxygen atoms in total. The van der Waals surface area contributed by atoms with E-state index in [2.05, 4.69) is 0 Å². The van der Waals surface area contributed by atoms with Gasteiger partial charge in [0.25, 0.3) is 0 Å². The second-order valence-corrected chi connectivity index (χ2v) is 3.53. The van der Waals surface area contributed by atoms with Gasteiger partial charge in [0.05, 0.1) is 5.92 Å². The van der Waals surface area contributed by atoms with E-state index in [4.69, 9.17) is 0 Å². The average Bonchev–Trinajstić information content (AvgIpc) is 2.69. The molecule has 1 aromatic carbocycles. The molecule has 0 unspecified atom stereocenters. The summed E-state index contributed by atoms with van der Waals surface area (Å²) in [6.07, 6.45) is 7.67. The van der Waals surface area contributed by atoms with Gasteiger partial charge in [-0.25, -0.2) is 0 Å². The van der Waals surface area contributed by atoms with E-state index in [0.29, 0.717) is 0 Å². The molecule has 0 aliphatic heterocycles. The number of carbonyl (C=O) groups is 1. The molecule has 0 spiro atoms. The molecule has 0 radical (unpaired) electrons. The lowest BCUT2D eigenvalue weighted by Crippen LogP contribution is -2.08. The molecule has 0 bridgehead atoms. The van der Waals surface area contributed by atoms with Crippen molar-refractivity contribution in [1.82, 2.24) is 0 Å². The Morgan fingerprint density at radius 2 is 1.93 bits per heavy atom. The summed E-state index contributed by atoms with van der Waals surface area (Å²) in [7, 11) is 0. The number of ketones is 1. The van der Waals surface area contributed by atoms with Crippen LogP contribution in [0.5, 0.6) is 0 Å². The first kappa shape index (κ1) is 8.95. The van der Waals surface area contributed by atoms with E-state index >= 15 is 0 Å². The van der Waals surface area contributed by atoms with Crippen molar-refractivity contribution in [3.05, 3.63) is 59.7 Å². The van der Waals surface area contributed by atoms with E-state index in [1.165, 1.54) is 0 Å². The lowest BCUT2D eigenvalue weighted by molar-refractivity contribution is 0.0966. The van der Waals surface area contributed by atoms with E-state index in [1.807, 2.05) is 55.5 Å². The number of Topliss-reactive ketones (excluding diaryl/α,β-unsaturated/α-hetero) is 1. The van der Waals surface area contributed by atoms with Gasteiger partial charge in [0.2, 0.25) is 0 Å². The van der Waals surface area contributed by atoms with Gasteiger partial charge in [0.1, 0.15) is 0 Å². The first-order valence-corrected chi connectivity index (χ1v) is 4.73. The van der Waals surface area contributed by atoms with Gasteiger partial charge in [-0.1, -0.05) is 48.1 Å². The summed E-state index contributed by atoms with van der Waals surface area (Å²) >= 11 is 0. The molecule has 2 rings (SSSR count). The fourth-order valence-electron chi connectivity index (χ4n) is 1.60. The molecule has 1 aromatic rings. The number of hydrogen-bond acceptors (Lipinski definition) is 1. The highest BCUT2D eigenvalue weighted by Gasteiger charge is 2.15. The standard InChI is InChI=1S/C13H12O/c1-10-5-4-8-12(9-10)13(14)11-6-2-3-7-11/h2-9,11H,1H3. The molecule has 70 valence electrons. The van der Waals surface area contributed by atoms with E-state index in [1.54, 1.807) is 0 Å². The van der Waals surface area contributed by atoms with Crippen LogP contribution in [0.2, 0.25) is 0 Å². The van der Waals surface area contributed by atoms with Crippen molar-refractivity contribution in [2.45, 2.75) is 6.92 Å². The summed E-state index contributed by atoms with van der Waals surface area (Å²) in [5.41, 5.74) is 1.92. The lowest BCUT2D eigenvalue weighted by atomic mass is 9.98. The smallest absolute Gasteiger partial charge is 0.173 e. The van der Waals surface area contributed by atoms with Crippen molar-refractivity contribution in [3.63, 3.8) is 0 Å². The van der Waals surface area contributed by atoms with Crippen LogP contribution in [0.25, 0.3) is 0 Å². The highest BCUT2D eigenvalue weighted by molar-refractivity contribution is 6.00. The third-order valence-electron chi connectivity index (χ3n) is 2.35. The van der Waals surface area contributed by atoms with Crippen LogP contribution in [0.3, 0.4) is 0 Å². The molecule has 0 fully saturated rings. The van der Waals surface area contributed by atoms with Crippen molar-refractivity contribution in [2.24, 2.45) is 5.92 Å². The number of benzene rings is 1. The van der Waals surface area contributed by atoms with Gasteiger partial charge in [-0.15, -0.1) is 0 Å². The van der Waals surface area contributed by atoms with Crippen molar-refractivity contribution in [1.29, 1.82) is 0 Å². The molecule has 0 aromatic heterocycles. The maximum atomic E-state index is 11.9. The zero-order valence-electron chi connectivity index (χ0n) is 8.10. The van der Waals surface area contributed by atoms with Crippen molar-refractivity contribution >= 4 is 5.78 Å². The van der Waals surface area contributed by atoms with Crippen LogP contribution in [-0.4, -0.2) is 5.78 Å². The maximum Gasteiger partial charge on any atom is 0.173 e. The summed E-state index contributed by atoms with van der Waals surface area (Å²) in [6, 6.07) is 7.72. The Morgan fingerprint density at radius 1 is 1.21 bits per heavy atom. The fourth-order valence-corrected chi connectivity index (χ4v) is 1.60. The molecule has 0 saturated carbocycles.